The Kier molecular flexibility index (Phi) is 2.47. The van der Waals surface area contributed by atoms with Crippen LogP contribution in [0.3, 0.4) is 0 Å². The fourth-order valence-electron chi connectivity index (χ4n) is 0.891. The van der Waals surface area contributed by atoms with E-state index in [0.29, 0.717) is 11.0 Å². The Morgan fingerprint density at radius 1 is 1.56 bits per heavy atom. The van der Waals surface area contributed by atoms with Gasteiger partial charge >= 0.3 is 0 Å². The maximum atomic E-state index is 10.8. The van der Waals surface area contributed by atoms with E-state index >= 15 is 0 Å². The molecule has 1 aliphatic heterocycles. The fraction of sp³-hybridized carbons (Fsp3) is 0.833. The molecule has 1 heterocycles. The van der Waals surface area contributed by atoms with Crippen LogP contribution in [0.15, 0.2) is 0 Å². The van der Waals surface area contributed by atoms with Gasteiger partial charge in [0.25, 0.3) is 0 Å². The molecule has 0 aromatic carbocycles. The van der Waals surface area contributed by atoms with E-state index in [1.807, 2.05) is 11.8 Å². The molecule has 1 nitrogen and oxygen atoms in total. The van der Waals surface area contributed by atoms with Crippen molar-refractivity contribution in [3.63, 3.8) is 0 Å². The molecule has 9 heavy (non-hydrogen) atoms. The van der Waals surface area contributed by atoms with Crippen molar-refractivity contribution in [2.24, 2.45) is 0 Å². The molecule has 1 fully saturated rings. The zero-order chi connectivity index (χ0) is 6.85. The van der Waals surface area contributed by atoms with Crippen LogP contribution in [0.2, 0.25) is 0 Å². The smallest absolute Gasteiger partial charge is 0.143 e. The zero-order valence-corrected chi connectivity index (χ0v) is 7.22. The third-order valence-electron chi connectivity index (χ3n) is 1.41. The van der Waals surface area contributed by atoms with Gasteiger partial charge in [0.2, 0.25) is 0 Å². The third-order valence-corrected chi connectivity index (χ3v) is 4.56. The summed E-state index contributed by atoms with van der Waals surface area (Å²) < 4.78 is 0. The van der Waals surface area contributed by atoms with Gasteiger partial charge in [0, 0.05) is 10.3 Å². The molecule has 3 heteroatoms. The van der Waals surface area contributed by atoms with Gasteiger partial charge in [0.15, 0.2) is 0 Å². The lowest BCUT2D eigenvalue weighted by Gasteiger charge is -2.07. The summed E-state index contributed by atoms with van der Waals surface area (Å²) in [7, 11) is 0. The van der Waals surface area contributed by atoms with Crippen LogP contribution in [0.1, 0.15) is 13.8 Å². The lowest BCUT2D eigenvalue weighted by Crippen LogP contribution is -2.19. The van der Waals surface area contributed by atoms with Gasteiger partial charge in [0.1, 0.15) is 5.78 Å². The first-order chi connectivity index (χ1) is 4.22. The van der Waals surface area contributed by atoms with Crippen molar-refractivity contribution in [3.8, 4) is 0 Å². The monoisotopic (exact) mass is 162 g/mol. The highest BCUT2D eigenvalue weighted by atomic mass is 32.2. The van der Waals surface area contributed by atoms with Gasteiger partial charge in [-0.25, -0.2) is 0 Å². The summed E-state index contributed by atoms with van der Waals surface area (Å²) in [6.45, 7) is 3.80. The molecule has 1 saturated heterocycles. The Bertz CT molecular complexity index is 124. The Morgan fingerprint density at radius 2 is 2.22 bits per heavy atom. The number of Topliss-reactive ketones (excluding diaryl/α,β-unsaturated/α-hetero) is 1. The molecule has 2 atom stereocenters. The molecule has 0 aliphatic carbocycles. The van der Waals surface area contributed by atoms with E-state index < -0.39 is 0 Å². The van der Waals surface area contributed by atoms with Crippen LogP contribution in [-0.2, 0) is 4.79 Å². The van der Waals surface area contributed by atoms with Crippen molar-refractivity contribution in [2.75, 3.05) is 5.08 Å². The highest BCUT2D eigenvalue weighted by molar-refractivity contribution is 8.20. The van der Waals surface area contributed by atoms with Gasteiger partial charge in [-0.2, -0.15) is 0 Å². The summed E-state index contributed by atoms with van der Waals surface area (Å²) in [6.07, 6.45) is 0. The first kappa shape index (κ1) is 7.48. The lowest BCUT2D eigenvalue weighted by molar-refractivity contribution is -0.116. The van der Waals surface area contributed by atoms with Gasteiger partial charge in [-0.15, -0.1) is 23.5 Å². The number of hydrogen-bond donors (Lipinski definition) is 0. The van der Waals surface area contributed by atoms with E-state index in [2.05, 4.69) is 6.92 Å². The van der Waals surface area contributed by atoms with Crippen molar-refractivity contribution in [1.82, 2.24) is 0 Å². The van der Waals surface area contributed by atoms with Crippen molar-refractivity contribution in [2.45, 2.75) is 24.3 Å². The van der Waals surface area contributed by atoms with E-state index in [0.717, 1.165) is 5.08 Å². The minimum Gasteiger partial charge on any atom is -0.299 e. The van der Waals surface area contributed by atoms with E-state index in [4.69, 9.17) is 0 Å². The maximum absolute atomic E-state index is 10.8. The number of carbonyl (C=O) groups is 1. The molecule has 0 aromatic rings. The Hall–Kier alpha value is 0.370. The second-order valence-corrected chi connectivity index (χ2v) is 5.05. The molecule has 0 amide bonds. The molecule has 0 bridgehead atoms. The predicted octanol–water partition coefficient (Wildman–Crippen LogP) is 1.77. The minimum absolute atomic E-state index is 0.273. The standard InChI is InChI=1S/C6H10OS2/c1-4(7)6-5(2)8-3-9-6/h5-6H,3H2,1-2H3. The average molecular weight is 162 g/mol. The molecular weight excluding hydrogens is 152 g/mol. The highest BCUT2D eigenvalue weighted by Gasteiger charge is 2.27. The molecule has 0 radical (unpaired) electrons. The molecule has 1 aliphatic rings. The van der Waals surface area contributed by atoms with E-state index in [1.165, 1.54) is 0 Å². The van der Waals surface area contributed by atoms with E-state index in [-0.39, 0.29) is 5.25 Å². The van der Waals surface area contributed by atoms with Gasteiger partial charge in [-0.3, -0.25) is 4.79 Å². The number of hydrogen-bond acceptors (Lipinski definition) is 3. The number of carbonyl (C=O) groups excluding carboxylic acids is 1. The van der Waals surface area contributed by atoms with Crippen molar-refractivity contribution >= 4 is 29.3 Å². The normalized spacial score (nSPS) is 34.9. The molecule has 0 saturated carbocycles. The van der Waals surface area contributed by atoms with Crippen LogP contribution in [0.5, 0.6) is 0 Å². The average Bonchev–Trinajstić information content (AvgIpc) is 2.13. The van der Waals surface area contributed by atoms with E-state index in [1.54, 1.807) is 18.7 Å². The number of rotatable bonds is 1. The number of ketones is 1. The molecule has 0 spiro atoms. The van der Waals surface area contributed by atoms with Crippen LogP contribution in [0.4, 0.5) is 0 Å². The summed E-state index contributed by atoms with van der Waals surface area (Å²) in [5.41, 5.74) is 0. The molecule has 0 aromatic heterocycles. The highest BCUT2D eigenvalue weighted by Crippen LogP contribution is 2.36. The maximum Gasteiger partial charge on any atom is 0.143 e. The van der Waals surface area contributed by atoms with Crippen LogP contribution in [-0.4, -0.2) is 21.4 Å². The largest absolute Gasteiger partial charge is 0.299 e. The number of thioether (sulfide) groups is 2. The van der Waals surface area contributed by atoms with Crippen LogP contribution >= 0.6 is 23.5 Å². The predicted molar refractivity (Wildman–Crippen MR) is 44.0 cm³/mol. The van der Waals surface area contributed by atoms with Gasteiger partial charge in [-0.1, -0.05) is 6.92 Å². The molecular formula is C6H10OS2. The first-order valence-corrected chi connectivity index (χ1v) is 5.05. The summed E-state index contributed by atoms with van der Waals surface area (Å²) >= 11 is 3.65. The van der Waals surface area contributed by atoms with Gasteiger partial charge in [-0.05, 0) is 6.92 Å². The lowest BCUT2D eigenvalue weighted by atomic mass is 10.2. The first-order valence-electron chi connectivity index (χ1n) is 2.95. The topological polar surface area (TPSA) is 17.1 Å². The molecule has 2 unspecified atom stereocenters. The Balaban J connectivity index is 2.49. The zero-order valence-electron chi connectivity index (χ0n) is 5.59. The molecule has 0 N–H and O–H groups in total. The van der Waals surface area contributed by atoms with Crippen molar-refractivity contribution in [1.29, 1.82) is 0 Å². The third kappa shape index (κ3) is 1.64. The summed E-state index contributed by atoms with van der Waals surface area (Å²) in [6, 6.07) is 0. The minimum atomic E-state index is 0.273. The van der Waals surface area contributed by atoms with Crippen LogP contribution in [0.25, 0.3) is 0 Å². The van der Waals surface area contributed by atoms with Crippen molar-refractivity contribution < 1.29 is 4.79 Å². The van der Waals surface area contributed by atoms with Crippen LogP contribution < -0.4 is 0 Å². The summed E-state index contributed by atoms with van der Waals surface area (Å²) in [5, 5.41) is 1.90. The van der Waals surface area contributed by atoms with Crippen molar-refractivity contribution in [3.05, 3.63) is 0 Å². The van der Waals surface area contributed by atoms with Gasteiger partial charge < -0.3 is 0 Å². The quantitative estimate of drug-likeness (QED) is 0.585. The second-order valence-electron chi connectivity index (χ2n) is 2.19. The summed E-state index contributed by atoms with van der Waals surface area (Å²) in [4.78, 5) is 10.8. The van der Waals surface area contributed by atoms with Crippen LogP contribution in [0, 0.1) is 0 Å². The second kappa shape index (κ2) is 2.97. The SMILES string of the molecule is CC(=O)C1SCSC1C. The van der Waals surface area contributed by atoms with Gasteiger partial charge in [0.05, 0.1) is 5.25 Å². The Labute approximate surface area is 64.0 Å². The summed E-state index contributed by atoms with van der Waals surface area (Å²) in [5.74, 6) is 0.331. The fourth-order valence-corrected chi connectivity index (χ4v) is 3.99. The molecule has 1 rings (SSSR count). The Morgan fingerprint density at radius 3 is 2.44 bits per heavy atom. The molecule has 52 valence electrons. The van der Waals surface area contributed by atoms with E-state index in [9.17, 15) is 4.79 Å².